The van der Waals surface area contributed by atoms with E-state index in [0.29, 0.717) is 6.54 Å². The smallest absolute Gasteiger partial charge is 0.0640 e. The summed E-state index contributed by atoms with van der Waals surface area (Å²) in [6, 6.07) is 6.15. The molecule has 1 heterocycles. The van der Waals surface area contributed by atoms with E-state index in [2.05, 4.69) is 45.4 Å². The molecule has 1 aromatic heterocycles. The molecule has 0 spiro atoms. The molecular formula is C13H16BrN3O. The van der Waals surface area contributed by atoms with Crippen molar-refractivity contribution in [1.82, 2.24) is 9.78 Å². The molecule has 0 radical (unpaired) electrons. The van der Waals surface area contributed by atoms with Gasteiger partial charge >= 0.3 is 0 Å². The maximum Gasteiger partial charge on any atom is 0.0640 e. The van der Waals surface area contributed by atoms with Crippen LogP contribution in [0.25, 0.3) is 0 Å². The molecule has 1 aromatic carbocycles. The van der Waals surface area contributed by atoms with Crippen LogP contribution in [0.3, 0.4) is 0 Å². The third-order valence-corrected chi connectivity index (χ3v) is 3.18. The normalized spacial score (nSPS) is 10.6. The summed E-state index contributed by atoms with van der Waals surface area (Å²) in [7, 11) is 0. The van der Waals surface area contributed by atoms with Crippen LogP contribution in [0.15, 0.2) is 35.1 Å². The molecule has 2 aromatic rings. The average Bonchev–Trinajstić information content (AvgIpc) is 2.76. The van der Waals surface area contributed by atoms with Crippen LogP contribution in [0.2, 0.25) is 0 Å². The lowest BCUT2D eigenvalue weighted by Gasteiger charge is -2.08. The van der Waals surface area contributed by atoms with E-state index in [4.69, 9.17) is 5.11 Å². The van der Waals surface area contributed by atoms with Gasteiger partial charge in [0.15, 0.2) is 0 Å². The molecule has 18 heavy (non-hydrogen) atoms. The van der Waals surface area contributed by atoms with Crippen molar-refractivity contribution in [3.8, 4) is 0 Å². The number of nitrogens with zero attached hydrogens (tertiary/aromatic N) is 2. The number of aromatic nitrogens is 2. The summed E-state index contributed by atoms with van der Waals surface area (Å²) in [5.74, 6) is 0. The van der Waals surface area contributed by atoms with Crippen LogP contribution in [-0.4, -0.2) is 21.5 Å². The number of aliphatic hydroxyl groups is 1. The minimum absolute atomic E-state index is 0.111. The van der Waals surface area contributed by atoms with Crippen LogP contribution in [0.1, 0.15) is 11.1 Å². The van der Waals surface area contributed by atoms with Crippen LogP contribution >= 0.6 is 15.9 Å². The first-order chi connectivity index (χ1) is 8.69. The molecule has 4 nitrogen and oxygen atoms in total. The van der Waals surface area contributed by atoms with E-state index in [9.17, 15) is 0 Å². The molecule has 0 aliphatic carbocycles. The van der Waals surface area contributed by atoms with Gasteiger partial charge in [0.25, 0.3) is 0 Å². The Balaban J connectivity index is 1.97. The van der Waals surface area contributed by atoms with E-state index in [-0.39, 0.29) is 6.61 Å². The molecule has 5 heteroatoms. The monoisotopic (exact) mass is 309 g/mol. The van der Waals surface area contributed by atoms with Crippen LogP contribution in [0.5, 0.6) is 0 Å². The highest BCUT2D eigenvalue weighted by atomic mass is 79.9. The summed E-state index contributed by atoms with van der Waals surface area (Å²) in [6.45, 7) is 3.45. The summed E-state index contributed by atoms with van der Waals surface area (Å²) in [5.41, 5.74) is 3.42. The van der Waals surface area contributed by atoms with Gasteiger partial charge in [-0.25, -0.2) is 0 Å². The first-order valence-electron chi connectivity index (χ1n) is 5.81. The summed E-state index contributed by atoms with van der Waals surface area (Å²) in [4.78, 5) is 0. The third kappa shape index (κ3) is 3.34. The average molecular weight is 310 g/mol. The number of aliphatic hydroxyl groups excluding tert-OH is 1. The number of hydrogen-bond acceptors (Lipinski definition) is 3. The van der Waals surface area contributed by atoms with Crippen molar-refractivity contribution in [3.05, 3.63) is 46.2 Å². The lowest BCUT2D eigenvalue weighted by atomic mass is 10.2. The maximum absolute atomic E-state index is 8.82. The molecule has 0 amide bonds. The van der Waals surface area contributed by atoms with E-state index in [1.54, 1.807) is 4.68 Å². The van der Waals surface area contributed by atoms with Crippen LogP contribution < -0.4 is 5.32 Å². The van der Waals surface area contributed by atoms with Crippen molar-refractivity contribution < 1.29 is 5.11 Å². The highest BCUT2D eigenvalue weighted by molar-refractivity contribution is 9.10. The molecule has 0 unspecified atom stereocenters. The van der Waals surface area contributed by atoms with Crippen molar-refractivity contribution in [3.63, 3.8) is 0 Å². The molecule has 2 rings (SSSR count). The number of rotatable bonds is 5. The Kier molecular flexibility index (Phi) is 4.38. The first kappa shape index (κ1) is 13.1. The van der Waals surface area contributed by atoms with Gasteiger partial charge in [0.05, 0.1) is 19.3 Å². The molecule has 96 valence electrons. The van der Waals surface area contributed by atoms with Crippen molar-refractivity contribution >= 4 is 21.6 Å². The summed E-state index contributed by atoms with van der Waals surface area (Å²) in [5, 5.41) is 16.4. The minimum Gasteiger partial charge on any atom is -0.394 e. The molecule has 0 aliphatic rings. The van der Waals surface area contributed by atoms with E-state index in [1.807, 2.05) is 18.5 Å². The predicted octanol–water partition coefficient (Wildman–Crippen LogP) is 2.56. The number of aryl methyl sites for hydroxylation is 1. The van der Waals surface area contributed by atoms with Crippen LogP contribution in [0.4, 0.5) is 5.69 Å². The first-order valence-corrected chi connectivity index (χ1v) is 6.60. The zero-order valence-corrected chi connectivity index (χ0v) is 11.8. The second kappa shape index (κ2) is 6.02. The van der Waals surface area contributed by atoms with Gasteiger partial charge in [-0.1, -0.05) is 15.9 Å². The SMILES string of the molecule is Cc1cc(Br)ccc1NCc1cnn(CCO)c1. The fourth-order valence-corrected chi connectivity index (χ4v) is 2.22. The van der Waals surface area contributed by atoms with E-state index < -0.39 is 0 Å². The molecule has 0 atom stereocenters. The number of anilines is 1. The minimum atomic E-state index is 0.111. The molecule has 0 bridgehead atoms. The number of benzene rings is 1. The Morgan fingerprint density at radius 3 is 3.00 bits per heavy atom. The van der Waals surface area contributed by atoms with Gasteiger partial charge in [-0.15, -0.1) is 0 Å². The van der Waals surface area contributed by atoms with Crippen LogP contribution in [-0.2, 0) is 13.1 Å². The summed E-state index contributed by atoms with van der Waals surface area (Å²) < 4.78 is 2.83. The standard InChI is InChI=1S/C13H16BrN3O/c1-10-6-12(14)2-3-13(10)15-7-11-8-16-17(9-11)4-5-18/h2-3,6,8-9,15,18H,4-5,7H2,1H3. The molecule has 0 fully saturated rings. The van der Waals surface area contributed by atoms with E-state index >= 15 is 0 Å². The van der Waals surface area contributed by atoms with Crippen molar-refractivity contribution in [2.45, 2.75) is 20.0 Å². The second-order valence-electron chi connectivity index (χ2n) is 4.15. The van der Waals surface area contributed by atoms with E-state index in [0.717, 1.165) is 22.3 Å². The van der Waals surface area contributed by atoms with Crippen molar-refractivity contribution in [2.75, 3.05) is 11.9 Å². The molecule has 2 N–H and O–H groups in total. The summed E-state index contributed by atoms with van der Waals surface area (Å²) >= 11 is 3.45. The molecule has 0 saturated carbocycles. The predicted molar refractivity (Wildman–Crippen MR) is 75.5 cm³/mol. The zero-order chi connectivity index (χ0) is 13.0. The highest BCUT2D eigenvalue weighted by Crippen LogP contribution is 2.20. The van der Waals surface area contributed by atoms with Gasteiger partial charge in [0, 0.05) is 28.5 Å². The highest BCUT2D eigenvalue weighted by Gasteiger charge is 2.01. The van der Waals surface area contributed by atoms with Gasteiger partial charge in [-0.05, 0) is 30.7 Å². The zero-order valence-electron chi connectivity index (χ0n) is 10.2. The van der Waals surface area contributed by atoms with Gasteiger partial charge in [-0.3, -0.25) is 4.68 Å². The van der Waals surface area contributed by atoms with Gasteiger partial charge < -0.3 is 10.4 Å². The maximum atomic E-state index is 8.82. The van der Waals surface area contributed by atoms with Gasteiger partial charge in [0.2, 0.25) is 0 Å². The van der Waals surface area contributed by atoms with E-state index in [1.165, 1.54) is 5.56 Å². The largest absolute Gasteiger partial charge is 0.394 e. The fraction of sp³-hybridized carbons (Fsp3) is 0.308. The third-order valence-electron chi connectivity index (χ3n) is 2.69. The van der Waals surface area contributed by atoms with Gasteiger partial charge in [-0.2, -0.15) is 5.10 Å². The Hall–Kier alpha value is -1.33. The summed E-state index contributed by atoms with van der Waals surface area (Å²) in [6.07, 6.45) is 3.76. The second-order valence-corrected chi connectivity index (χ2v) is 5.06. The Bertz CT molecular complexity index is 525. The van der Waals surface area contributed by atoms with Crippen molar-refractivity contribution in [2.24, 2.45) is 0 Å². The Morgan fingerprint density at radius 2 is 2.28 bits per heavy atom. The molecule has 0 aliphatic heterocycles. The fourth-order valence-electron chi connectivity index (χ4n) is 1.75. The topological polar surface area (TPSA) is 50.1 Å². The number of halogens is 1. The van der Waals surface area contributed by atoms with Crippen LogP contribution in [0, 0.1) is 6.92 Å². The number of nitrogens with one attached hydrogen (secondary N) is 1. The Labute approximate surface area is 115 Å². The quantitative estimate of drug-likeness (QED) is 0.892. The van der Waals surface area contributed by atoms with Gasteiger partial charge in [0.1, 0.15) is 0 Å². The molecule has 0 saturated heterocycles. The molecular weight excluding hydrogens is 294 g/mol. The Morgan fingerprint density at radius 1 is 1.44 bits per heavy atom. The van der Waals surface area contributed by atoms with Crippen molar-refractivity contribution in [1.29, 1.82) is 0 Å². The number of hydrogen-bond donors (Lipinski definition) is 2. The lowest BCUT2D eigenvalue weighted by molar-refractivity contribution is 0.269. The lowest BCUT2D eigenvalue weighted by Crippen LogP contribution is -2.02.